The van der Waals surface area contributed by atoms with Crippen LogP contribution in [0.3, 0.4) is 0 Å². The standard InChI is InChI=1S/C10H17NO/c1-6(2)9-5-11-7(3)10(9)8(4)12/h6,9-10H,5H2,1-4H3. The van der Waals surface area contributed by atoms with Gasteiger partial charge < -0.3 is 0 Å². The van der Waals surface area contributed by atoms with Crippen LogP contribution in [-0.4, -0.2) is 18.0 Å². The van der Waals surface area contributed by atoms with E-state index in [2.05, 4.69) is 18.8 Å². The molecular weight excluding hydrogens is 150 g/mol. The number of ketones is 1. The Morgan fingerprint density at radius 3 is 2.50 bits per heavy atom. The predicted octanol–water partition coefficient (Wildman–Crippen LogP) is 1.94. The van der Waals surface area contributed by atoms with Gasteiger partial charge in [0, 0.05) is 12.3 Å². The van der Waals surface area contributed by atoms with Gasteiger partial charge in [-0.3, -0.25) is 9.79 Å². The van der Waals surface area contributed by atoms with E-state index in [4.69, 9.17) is 0 Å². The van der Waals surface area contributed by atoms with Gasteiger partial charge in [-0.1, -0.05) is 13.8 Å². The van der Waals surface area contributed by atoms with Gasteiger partial charge in [-0.25, -0.2) is 0 Å². The molecule has 0 radical (unpaired) electrons. The highest BCUT2D eigenvalue weighted by atomic mass is 16.1. The van der Waals surface area contributed by atoms with Gasteiger partial charge in [-0.15, -0.1) is 0 Å². The fraction of sp³-hybridized carbons (Fsp3) is 0.800. The van der Waals surface area contributed by atoms with E-state index in [1.165, 1.54) is 0 Å². The Labute approximate surface area is 74.1 Å². The van der Waals surface area contributed by atoms with Gasteiger partial charge in [0.05, 0.1) is 5.92 Å². The van der Waals surface area contributed by atoms with Crippen LogP contribution in [0.15, 0.2) is 4.99 Å². The first-order valence-electron chi connectivity index (χ1n) is 4.55. The zero-order chi connectivity index (χ0) is 9.30. The normalized spacial score (nSPS) is 29.2. The van der Waals surface area contributed by atoms with Crippen molar-refractivity contribution in [1.82, 2.24) is 0 Å². The van der Waals surface area contributed by atoms with Gasteiger partial charge in [0.15, 0.2) is 0 Å². The second-order valence-electron chi connectivity index (χ2n) is 3.98. The predicted molar refractivity (Wildman–Crippen MR) is 50.5 cm³/mol. The monoisotopic (exact) mass is 167 g/mol. The van der Waals surface area contributed by atoms with E-state index < -0.39 is 0 Å². The van der Waals surface area contributed by atoms with E-state index in [1.807, 2.05) is 6.92 Å². The third-order valence-corrected chi connectivity index (χ3v) is 2.72. The molecule has 0 saturated carbocycles. The highest BCUT2D eigenvalue weighted by molar-refractivity contribution is 6.04. The van der Waals surface area contributed by atoms with E-state index >= 15 is 0 Å². The molecule has 1 aliphatic rings. The molecule has 1 rings (SSSR count). The lowest BCUT2D eigenvalue weighted by atomic mass is 9.81. The number of Topliss-reactive ketones (excluding diaryl/α,β-unsaturated/α-hetero) is 1. The first kappa shape index (κ1) is 9.43. The van der Waals surface area contributed by atoms with E-state index in [9.17, 15) is 4.79 Å². The van der Waals surface area contributed by atoms with Crippen LogP contribution in [0.4, 0.5) is 0 Å². The minimum Gasteiger partial charge on any atom is -0.299 e. The minimum atomic E-state index is 0.102. The molecule has 2 atom stereocenters. The molecule has 2 unspecified atom stereocenters. The van der Waals surface area contributed by atoms with Crippen LogP contribution < -0.4 is 0 Å². The SMILES string of the molecule is CC(=O)C1C(C)=NCC1C(C)C. The van der Waals surface area contributed by atoms with Crippen molar-refractivity contribution < 1.29 is 4.79 Å². The van der Waals surface area contributed by atoms with Gasteiger partial charge in [0.1, 0.15) is 5.78 Å². The lowest BCUT2D eigenvalue weighted by Gasteiger charge is -2.20. The quantitative estimate of drug-likeness (QED) is 0.618. The molecule has 0 amide bonds. The molecule has 68 valence electrons. The number of hydrogen-bond acceptors (Lipinski definition) is 2. The molecule has 0 N–H and O–H groups in total. The molecule has 1 aliphatic heterocycles. The molecule has 0 saturated heterocycles. The summed E-state index contributed by atoms with van der Waals surface area (Å²) in [6.07, 6.45) is 0. The number of rotatable bonds is 2. The van der Waals surface area contributed by atoms with Gasteiger partial charge in [-0.2, -0.15) is 0 Å². The van der Waals surface area contributed by atoms with Crippen LogP contribution in [0.1, 0.15) is 27.7 Å². The smallest absolute Gasteiger partial charge is 0.138 e. The molecule has 2 nitrogen and oxygen atoms in total. The first-order valence-corrected chi connectivity index (χ1v) is 4.55. The molecule has 0 aromatic carbocycles. The maximum Gasteiger partial charge on any atom is 0.138 e. The summed E-state index contributed by atoms with van der Waals surface area (Å²) in [7, 11) is 0. The summed E-state index contributed by atoms with van der Waals surface area (Å²) in [5.41, 5.74) is 1.03. The Bertz CT molecular complexity index is 218. The average Bonchev–Trinajstić information content (AvgIpc) is 2.30. The topological polar surface area (TPSA) is 29.4 Å². The van der Waals surface area contributed by atoms with Gasteiger partial charge in [0.2, 0.25) is 0 Å². The summed E-state index contributed by atoms with van der Waals surface area (Å²) in [5, 5.41) is 0. The van der Waals surface area contributed by atoms with Crippen LogP contribution in [-0.2, 0) is 4.79 Å². The molecule has 0 spiro atoms. The molecule has 0 fully saturated rings. The summed E-state index contributed by atoms with van der Waals surface area (Å²) < 4.78 is 0. The summed E-state index contributed by atoms with van der Waals surface area (Å²) in [6, 6.07) is 0. The van der Waals surface area contributed by atoms with Crippen molar-refractivity contribution in [1.29, 1.82) is 0 Å². The average molecular weight is 167 g/mol. The van der Waals surface area contributed by atoms with Crippen molar-refractivity contribution in [2.24, 2.45) is 22.7 Å². The summed E-state index contributed by atoms with van der Waals surface area (Å²) >= 11 is 0. The number of aliphatic imine (C=N–C) groups is 1. The Morgan fingerprint density at radius 1 is 1.58 bits per heavy atom. The van der Waals surface area contributed by atoms with Crippen molar-refractivity contribution in [2.75, 3.05) is 6.54 Å². The summed E-state index contributed by atoms with van der Waals surface area (Å²) in [5.74, 6) is 1.38. The molecule has 2 heteroatoms. The van der Waals surface area contributed by atoms with E-state index in [0.29, 0.717) is 11.8 Å². The Hall–Kier alpha value is -0.660. The van der Waals surface area contributed by atoms with Gasteiger partial charge in [-0.05, 0) is 25.7 Å². The van der Waals surface area contributed by atoms with Crippen LogP contribution in [0.2, 0.25) is 0 Å². The number of carbonyl (C=O) groups is 1. The third-order valence-electron chi connectivity index (χ3n) is 2.72. The number of carbonyl (C=O) groups excluding carboxylic acids is 1. The molecule has 0 bridgehead atoms. The van der Waals surface area contributed by atoms with Crippen molar-refractivity contribution in [3.63, 3.8) is 0 Å². The molecular formula is C10H17NO. The minimum absolute atomic E-state index is 0.102. The zero-order valence-corrected chi connectivity index (χ0v) is 8.29. The highest BCUT2D eigenvalue weighted by Gasteiger charge is 2.34. The maximum absolute atomic E-state index is 11.3. The maximum atomic E-state index is 11.3. The molecule has 0 aromatic rings. The van der Waals surface area contributed by atoms with Crippen molar-refractivity contribution in [3.8, 4) is 0 Å². The Kier molecular flexibility index (Phi) is 2.65. The molecule has 12 heavy (non-hydrogen) atoms. The lowest BCUT2D eigenvalue weighted by Crippen LogP contribution is -2.28. The molecule has 0 aromatic heterocycles. The lowest BCUT2D eigenvalue weighted by molar-refractivity contribution is -0.120. The second-order valence-corrected chi connectivity index (χ2v) is 3.98. The van der Waals surface area contributed by atoms with Crippen LogP contribution in [0.25, 0.3) is 0 Å². The van der Waals surface area contributed by atoms with Gasteiger partial charge in [0.25, 0.3) is 0 Å². The molecule has 1 heterocycles. The first-order chi connectivity index (χ1) is 5.54. The zero-order valence-electron chi connectivity index (χ0n) is 8.29. The highest BCUT2D eigenvalue weighted by Crippen LogP contribution is 2.28. The van der Waals surface area contributed by atoms with Crippen molar-refractivity contribution in [2.45, 2.75) is 27.7 Å². The second kappa shape index (κ2) is 3.38. The van der Waals surface area contributed by atoms with Crippen molar-refractivity contribution in [3.05, 3.63) is 0 Å². The number of nitrogens with zero attached hydrogens (tertiary/aromatic N) is 1. The van der Waals surface area contributed by atoms with Crippen molar-refractivity contribution >= 4 is 11.5 Å². The van der Waals surface area contributed by atoms with E-state index in [0.717, 1.165) is 12.3 Å². The van der Waals surface area contributed by atoms with Crippen LogP contribution in [0.5, 0.6) is 0 Å². The van der Waals surface area contributed by atoms with Gasteiger partial charge >= 0.3 is 0 Å². The summed E-state index contributed by atoms with van der Waals surface area (Å²) in [4.78, 5) is 15.6. The third kappa shape index (κ3) is 1.57. The van der Waals surface area contributed by atoms with Crippen LogP contribution >= 0.6 is 0 Å². The van der Waals surface area contributed by atoms with E-state index in [-0.39, 0.29) is 11.7 Å². The fourth-order valence-electron chi connectivity index (χ4n) is 1.95. The Morgan fingerprint density at radius 2 is 2.17 bits per heavy atom. The Balaban J connectivity index is 2.77. The molecule has 0 aliphatic carbocycles. The van der Waals surface area contributed by atoms with E-state index in [1.54, 1.807) is 6.92 Å². The fourth-order valence-corrected chi connectivity index (χ4v) is 1.95. The largest absolute Gasteiger partial charge is 0.299 e. The summed E-state index contributed by atoms with van der Waals surface area (Å²) in [6.45, 7) is 8.80. The van der Waals surface area contributed by atoms with Crippen LogP contribution in [0, 0.1) is 17.8 Å². The number of hydrogen-bond donors (Lipinski definition) is 0.